The van der Waals surface area contributed by atoms with Crippen LogP contribution in [0, 0.1) is 5.92 Å². The van der Waals surface area contributed by atoms with Crippen LogP contribution < -0.4 is 5.73 Å². The Morgan fingerprint density at radius 1 is 1.39 bits per heavy atom. The standard InChI is InChI=1S/C17H23N3O3/c18-13(11-16-19-14-3-1-2-4-15(14)23-16)17(22)20-8-5-12(6-9-20)7-10-21/h1-4,12-13,21H,5-11,18H2/t13-/m0/s1. The first kappa shape index (κ1) is 16.0. The van der Waals surface area contributed by atoms with E-state index < -0.39 is 6.04 Å². The lowest BCUT2D eigenvalue weighted by Crippen LogP contribution is -2.48. The van der Waals surface area contributed by atoms with Crippen LogP contribution in [0.4, 0.5) is 0 Å². The first-order chi connectivity index (χ1) is 11.2. The topological polar surface area (TPSA) is 92.6 Å². The smallest absolute Gasteiger partial charge is 0.240 e. The summed E-state index contributed by atoms with van der Waals surface area (Å²) in [5, 5.41) is 8.99. The largest absolute Gasteiger partial charge is 0.441 e. The van der Waals surface area contributed by atoms with E-state index in [9.17, 15) is 4.79 Å². The van der Waals surface area contributed by atoms with E-state index in [1.54, 1.807) is 0 Å². The fourth-order valence-electron chi connectivity index (χ4n) is 3.14. The number of hydrogen-bond donors (Lipinski definition) is 2. The van der Waals surface area contributed by atoms with Gasteiger partial charge in [0.1, 0.15) is 5.52 Å². The van der Waals surface area contributed by atoms with Crippen LogP contribution in [-0.4, -0.2) is 46.6 Å². The molecule has 0 radical (unpaired) electrons. The number of carbonyl (C=O) groups is 1. The van der Waals surface area contributed by atoms with E-state index in [2.05, 4.69) is 4.98 Å². The van der Waals surface area contributed by atoms with Gasteiger partial charge in [-0.15, -0.1) is 0 Å². The van der Waals surface area contributed by atoms with Crippen LogP contribution in [0.15, 0.2) is 28.7 Å². The Labute approximate surface area is 135 Å². The van der Waals surface area contributed by atoms with Gasteiger partial charge in [-0.05, 0) is 37.3 Å². The molecule has 1 aliphatic rings. The van der Waals surface area contributed by atoms with Gasteiger partial charge in [-0.3, -0.25) is 4.79 Å². The summed E-state index contributed by atoms with van der Waals surface area (Å²) < 4.78 is 5.64. The average Bonchev–Trinajstić information content (AvgIpc) is 2.97. The summed E-state index contributed by atoms with van der Waals surface area (Å²) in [5.41, 5.74) is 7.56. The maximum Gasteiger partial charge on any atom is 0.240 e. The van der Waals surface area contributed by atoms with Crippen molar-refractivity contribution in [3.8, 4) is 0 Å². The zero-order chi connectivity index (χ0) is 16.2. The monoisotopic (exact) mass is 317 g/mol. The number of carbonyl (C=O) groups excluding carboxylic acids is 1. The van der Waals surface area contributed by atoms with Crippen molar-refractivity contribution in [2.75, 3.05) is 19.7 Å². The van der Waals surface area contributed by atoms with Crippen molar-refractivity contribution < 1.29 is 14.3 Å². The van der Waals surface area contributed by atoms with E-state index in [1.807, 2.05) is 29.2 Å². The van der Waals surface area contributed by atoms with E-state index >= 15 is 0 Å². The quantitative estimate of drug-likeness (QED) is 0.867. The molecule has 1 atom stereocenters. The van der Waals surface area contributed by atoms with Gasteiger partial charge in [0.05, 0.1) is 6.04 Å². The molecule has 1 aliphatic heterocycles. The third kappa shape index (κ3) is 3.71. The molecule has 1 saturated heterocycles. The Morgan fingerprint density at radius 2 is 2.13 bits per heavy atom. The van der Waals surface area contributed by atoms with Crippen LogP contribution in [0.1, 0.15) is 25.2 Å². The number of nitrogens with zero attached hydrogens (tertiary/aromatic N) is 2. The van der Waals surface area contributed by atoms with E-state index in [0.29, 0.717) is 36.9 Å². The molecule has 3 N–H and O–H groups in total. The zero-order valence-electron chi connectivity index (χ0n) is 13.1. The molecule has 0 aliphatic carbocycles. The maximum atomic E-state index is 12.5. The van der Waals surface area contributed by atoms with E-state index in [1.165, 1.54) is 0 Å². The number of likely N-dealkylation sites (tertiary alicyclic amines) is 1. The van der Waals surface area contributed by atoms with Gasteiger partial charge in [-0.1, -0.05) is 12.1 Å². The Kier molecular flexibility index (Phi) is 4.93. The van der Waals surface area contributed by atoms with Crippen LogP contribution in [0.25, 0.3) is 11.1 Å². The molecule has 1 aromatic carbocycles. The van der Waals surface area contributed by atoms with Crippen LogP contribution in [0.2, 0.25) is 0 Å². The SMILES string of the molecule is N[C@@H](Cc1nc2ccccc2o1)C(=O)N1CCC(CCO)CC1. The number of aliphatic hydroxyl groups is 1. The van der Waals surface area contributed by atoms with Crippen LogP contribution in [0.5, 0.6) is 0 Å². The number of amides is 1. The highest BCUT2D eigenvalue weighted by Gasteiger charge is 2.27. The minimum Gasteiger partial charge on any atom is -0.441 e. The van der Waals surface area contributed by atoms with Crippen molar-refractivity contribution in [1.82, 2.24) is 9.88 Å². The highest BCUT2D eigenvalue weighted by atomic mass is 16.3. The molecule has 2 heterocycles. The minimum atomic E-state index is -0.627. The number of nitrogens with two attached hydrogens (primary N) is 1. The van der Waals surface area contributed by atoms with Crippen molar-refractivity contribution in [2.24, 2.45) is 11.7 Å². The fourth-order valence-corrected chi connectivity index (χ4v) is 3.14. The third-order valence-corrected chi connectivity index (χ3v) is 4.51. The lowest BCUT2D eigenvalue weighted by molar-refractivity contribution is -0.134. The van der Waals surface area contributed by atoms with Gasteiger partial charge in [-0.2, -0.15) is 0 Å². The molecule has 23 heavy (non-hydrogen) atoms. The molecule has 0 unspecified atom stereocenters. The second kappa shape index (κ2) is 7.10. The predicted octanol–water partition coefficient (Wildman–Crippen LogP) is 1.32. The van der Waals surface area contributed by atoms with E-state index in [0.717, 1.165) is 24.8 Å². The molecule has 6 heteroatoms. The first-order valence-corrected chi connectivity index (χ1v) is 8.17. The minimum absolute atomic E-state index is 0.0466. The summed E-state index contributed by atoms with van der Waals surface area (Å²) in [6.45, 7) is 1.64. The van der Waals surface area contributed by atoms with E-state index in [-0.39, 0.29) is 12.5 Å². The highest BCUT2D eigenvalue weighted by Crippen LogP contribution is 2.21. The molecular formula is C17H23N3O3. The number of aliphatic hydroxyl groups excluding tert-OH is 1. The first-order valence-electron chi connectivity index (χ1n) is 8.17. The molecule has 1 aromatic heterocycles. The Hall–Kier alpha value is -1.92. The van der Waals surface area contributed by atoms with Crippen molar-refractivity contribution in [1.29, 1.82) is 0 Å². The molecule has 1 amide bonds. The summed E-state index contributed by atoms with van der Waals surface area (Å²) >= 11 is 0. The summed E-state index contributed by atoms with van der Waals surface area (Å²) in [4.78, 5) is 18.7. The molecule has 6 nitrogen and oxygen atoms in total. The summed E-state index contributed by atoms with van der Waals surface area (Å²) in [6.07, 6.45) is 2.99. The molecule has 3 rings (SSSR count). The van der Waals surface area contributed by atoms with Gasteiger partial charge in [0.25, 0.3) is 0 Å². The molecular weight excluding hydrogens is 294 g/mol. The lowest BCUT2D eigenvalue weighted by atomic mass is 9.93. The summed E-state index contributed by atoms with van der Waals surface area (Å²) in [5.74, 6) is 0.967. The van der Waals surface area contributed by atoms with Crippen molar-refractivity contribution >= 4 is 17.0 Å². The van der Waals surface area contributed by atoms with Gasteiger partial charge in [0.15, 0.2) is 11.5 Å². The maximum absolute atomic E-state index is 12.5. The normalized spacial score (nSPS) is 17.6. The Bertz CT molecular complexity index is 629. The lowest BCUT2D eigenvalue weighted by Gasteiger charge is -2.33. The van der Waals surface area contributed by atoms with Gasteiger partial charge in [-0.25, -0.2) is 4.98 Å². The number of piperidine rings is 1. The molecule has 0 spiro atoms. The van der Waals surface area contributed by atoms with Crippen molar-refractivity contribution in [3.63, 3.8) is 0 Å². The number of para-hydroxylation sites is 2. The molecule has 1 fully saturated rings. The average molecular weight is 317 g/mol. The van der Waals surface area contributed by atoms with Crippen LogP contribution in [-0.2, 0) is 11.2 Å². The number of fused-ring (bicyclic) bond motifs is 1. The summed E-state index contributed by atoms with van der Waals surface area (Å²) in [6, 6.07) is 6.89. The Balaban J connectivity index is 1.57. The van der Waals surface area contributed by atoms with Crippen molar-refractivity contribution in [3.05, 3.63) is 30.2 Å². The van der Waals surface area contributed by atoms with Gasteiger partial charge in [0, 0.05) is 26.1 Å². The number of hydrogen-bond acceptors (Lipinski definition) is 5. The van der Waals surface area contributed by atoms with Crippen LogP contribution >= 0.6 is 0 Å². The Morgan fingerprint density at radius 3 is 2.83 bits per heavy atom. The molecule has 2 aromatic rings. The highest BCUT2D eigenvalue weighted by molar-refractivity contribution is 5.82. The zero-order valence-corrected chi connectivity index (χ0v) is 13.1. The number of benzene rings is 1. The number of aromatic nitrogens is 1. The molecule has 0 saturated carbocycles. The van der Waals surface area contributed by atoms with Crippen LogP contribution in [0.3, 0.4) is 0 Å². The van der Waals surface area contributed by atoms with E-state index in [4.69, 9.17) is 15.3 Å². The van der Waals surface area contributed by atoms with Gasteiger partial charge < -0.3 is 20.2 Å². The number of oxazole rings is 1. The molecule has 124 valence electrons. The molecule has 0 bridgehead atoms. The fraction of sp³-hybridized carbons (Fsp3) is 0.529. The van der Waals surface area contributed by atoms with Gasteiger partial charge in [0.2, 0.25) is 5.91 Å². The van der Waals surface area contributed by atoms with Gasteiger partial charge >= 0.3 is 0 Å². The predicted molar refractivity (Wildman–Crippen MR) is 86.7 cm³/mol. The summed E-state index contributed by atoms with van der Waals surface area (Å²) in [7, 11) is 0. The second-order valence-corrected chi connectivity index (χ2v) is 6.17. The second-order valence-electron chi connectivity index (χ2n) is 6.17. The number of rotatable bonds is 5. The third-order valence-electron chi connectivity index (χ3n) is 4.51. The van der Waals surface area contributed by atoms with Crippen molar-refractivity contribution in [2.45, 2.75) is 31.7 Å².